The summed E-state index contributed by atoms with van der Waals surface area (Å²) < 4.78 is 1.77. The molecule has 7 heteroatoms. The second-order valence-corrected chi connectivity index (χ2v) is 4.45. The van der Waals surface area contributed by atoms with Gasteiger partial charge in [0.25, 0.3) is 5.78 Å². The molecule has 1 aromatic rings. The molecule has 1 aliphatic rings. The maximum atomic E-state index is 11.0. The van der Waals surface area contributed by atoms with Crippen LogP contribution < -0.4 is 0 Å². The highest BCUT2D eigenvalue weighted by atomic mass is 32.2. The zero-order valence-corrected chi connectivity index (χ0v) is 10.2. The molecular weight excluding hydrogens is 240 g/mol. The van der Waals surface area contributed by atoms with Crippen molar-refractivity contribution in [1.82, 2.24) is 9.78 Å². The first-order valence-electron chi connectivity index (χ1n) is 4.89. The van der Waals surface area contributed by atoms with Crippen molar-refractivity contribution in [2.24, 2.45) is 17.0 Å². The largest absolute Gasteiger partial charge is 0.321 e. The molecule has 0 aromatic carbocycles. The Labute approximate surface area is 102 Å². The van der Waals surface area contributed by atoms with E-state index in [4.69, 9.17) is 0 Å². The molecule has 0 bridgehead atoms. The zero-order valence-electron chi connectivity index (χ0n) is 9.38. The summed E-state index contributed by atoms with van der Waals surface area (Å²) in [5.41, 5.74) is 1.94. The molecule has 17 heavy (non-hydrogen) atoms. The van der Waals surface area contributed by atoms with Crippen LogP contribution in [0.5, 0.6) is 0 Å². The minimum atomic E-state index is -0.760. The second-order valence-electron chi connectivity index (χ2n) is 3.51. The van der Waals surface area contributed by atoms with E-state index in [1.165, 1.54) is 11.8 Å². The lowest BCUT2D eigenvalue weighted by atomic mass is 10.4. The predicted octanol–water partition coefficient (Wildman–Crippen LogP) is 0.498. The fourth-order valence-electron chi connectivity index (χ4n) is 1.35. The van der Waals surface area contributed by atoms with E-state index < -0.39 is 11.7 Å². The van der Waals surface area contributed by atoms with Gasteiger partial charge in [0.2, 0.25) is 0 Å². The lowest BCUT2D eigenvalue weighted by Gasteiger charge is -2.03. The topological polar surface area (TPSA) is 76.7 Å². The number of thioether (sulfide) groups is 1. The Morgan fingerprint density at radius 1 is 1.41 bits per heavy atom. The first-order valence-corrected chi connectivity index (χ1v) is 5.88. The Morgan fingerprint density at radius 3 is 2.76 bits per heavy atom. The highest BCUT2D eigenvalue weighted by Crippen LogP contribution is 2.16. The molecule has 0 aliphatic carbocycles. The number of hydrogen-bond donors (Lipinski definition) is 0. The molecule has 2 heterocycles. The molecular formula is C10H10N4O2S. The summed E-state index contributed by atoms with van der Waals surface area (Å²) in [4.78, 5) is 29.2. The normalized spacial score (nSPS) is 15.3. The second kappa shape index (κ2) is 4.62. The number of amidine groups is 1. The van der Waals surface area contributed by atoms with Crippen LogP contribution in [0.1, 0.15) is 11.4 Å². The van der Waals surface area contributed by atoms with E-state index in [1.807, 2.05) is 20.0 Å². The molecule has 0 saturated heterocycles. The average molecular weight is 250 g/mol. The van der Waals surface area contributed by atoms with Gasteiger partial charge in [-0.25, -0.2) is 4.99 Å². The highest BCUT2D eigenvalue weighted by Gasteiger charge is 2.17. The summed E-state index contributed by atoms with van der Waals surface area (Å²) in [6, 6.07) is 1.95. The number of amides is 1. The fourth-order valence-corrected chi connectivity index (χ4v) is 2.17. The third-order valence-corrected chi connectivity index (χ3v) is 3.04. The SMILES string of the molecule is Cc1cc(CSC2=NC(=O)C(=O)C=N2)n(C)n1. The smallest absolute Gasteiger partial charge is 0.282 e. The highest BCUT2D eigenvalue weighted by molar-refractivity contribution is 8.13. The number of nitrogens with zero attached hydrogens (tertiary/aromatic N) is 4. The van der Waals surface area contributed by atoms with Crippen molar-refractivity contribution in [2.75, 3.05) is 0 Å². The average Bonchev–Trinajstić information content (AvgIpc) is 2.59. The number of Topliss-reactive ketones (excluding diaryl/α,β-unsaturated/α-hetero) is 1. The van der Waals surface area contributed by atoms with Gasteiger partial charge in [-0.2, -0.15) is 10.1 Å². The van der Waals surface area contributed by atoms with Gasteiger partial charge in [-0.3, -0.25) is 14.3 Å². The van der Waals surface area contributed by atoms with Gasteiger partial charge < -0.3 is 0 Å². The fraction of sp³-hybridized carbons (Fsp3) is 0.300. The number of carbonyl (C=O) groups is 2. The minimum absolute atomic E-state index is 0.313. The molecule has 0 radical (unpaired) electrons. The van der Waals surface area contributed by atoms with E-state index in [0.717, 1.165) is 17.6 Å². The van der Waals surface area contributed by atoms with Crippen molar-refractivity contribution in [1.29, 1.82) is 0 Å². The van der Waals surface area contributed by atoms with Crippen LogP contribution in [0.15, 0.2) is 16.1 Å². The lowest BCUT2D eigenvalue weighted by molar-refractivity contribution is -0.131. The van der Waals surface area contributed by atoms with E-state index in [9.17, 15) is 9.59 Å². The third kappa shape index (κ3) is 2.68. The van der Waals surface area contributed by atoms with Crippen molar-refractivity contribution < 1.29 is 9.59 Å². The van der Waals surface area contributed by atoms with Crippen LogP contribution in [-0.4, -0.2) is 32.9 Å². The summed E-state index contributed by atoms with van der Waals surface area (Å²) in [5.74, 6) is -0.830. The summed E-state index contributed by atoms with van der Waals surface area (Å²) in [6.45, 7) is 1.91. The van der Waals surface area contributed by atoms with E-state index in [2.05, 4.69) is 15.1 Å². The van der Waals surface area contributed by atoms with Crippen LogP contribution >= 0.6 is 11.8 Å². The van der Waals surface area contributed by atoms with Gasteiger partial charge in [0, 0.05) is 18.5 Å². The van der Waals surface area contributed by atoms with E-state index >= 15 is 0 Å². The molecule has 1 amide bonds. The predicted molar refractivity (Wildman–Crippen MR) is 65.2 cm³/mol. The van der Waals surface area contributed by atoms with Gasteiger partial charge in [-0.15, -0.1) is 0 Å². The van der Waals surface area contributed by atoms with E-state index in [0.29, 0.717) is 10.9 Å². The van der Waals surface area contributed by atoms with Gasteiger partial charge in [0.15, 0.2) is 5.17 Å². The Hall–Kier alpha value is -1.76. The van der Waals surface area contributed by atoms with Crippen molar-refractivity contribution in [2.45, 2.75) is 12.7 Å². The Bertz CT molecular complexity index is 545. The third-order valence-electron chi connectivity index (χ3n) is 2.15. The van der Waals surface area contributed by atoms with Crippen LogP contribution in [0.2, 0.25) is 0 Å². The molecule has 0 saturated carbocycles. The number of ketones is 1. The first-order chi connectivity index (χ1) is 8.06. The number of hydrogen-bond acceptors (Lipinski definition) is 5. The number of carbonyl (C=O) groups excluding carboxylic acids is 2. The summed E-state index contributed by atoms with van der Waals surface area (Å²) in [6.07, 6.45) is 1.01. The first kappa shape index (κ1) is 11.7. The Kier molecular flexibility index (Phi) is 3.19. The molecule has 6 nitrogen and oxygen atoms in total. The van der Waals surface area contributed by atoms with Crippen molar-refractivity contribution in [3.8, 4) is 0 Å². The molecule has 0 spiro atoms. The zero-order chi connectivity index (χ0) is 12.4. The molecule has 2 rings (SSSR count). The number of rotatable bonds is 2. The standard InChI is InChI=1S/C10H10N4O2S/c1-6-3-7(14(2)13-6)5-17-10-11-4-8(15)9(16)12-10/h3-4H,5H2,1-2H3. The summed E-state index contributed by atoms with van der Waals surface area (Å²) in [5, 5.41) is 4.52. The van der Waals surface area contributed by atoms with Gasteiger partial charge in [-0.05, 0) is 13.0 Å². The van der Waals surface area contributed by atoms with Gasteiger partial charge in [-0.1, -0.05) is 11.8 Å². The minimum Gasteiger partial charge on any atom is -0.282 e. The number of aliphatic imine (C=N–C) groups is 2. The maximum absolute atomic E-state index is 11.0. The Balaban J connectivity index is 2.02. The van der Waals surface area contributed by atoms with Crippen LogP contribution in [0.3, 0.4) is 0 Å². The number of aryl methyl sites for hydroxylation is 2. The quantitative estimate of drug-likeness (QED) is 0.716. The van der Waals surface area contributed by atoms with Gasteiger partial charge >= 0.3 is 5.91 Å². The molecule has 0 atom stereocenters. The van der Waals surface area contributed by atoms with Gasteiger partial charge in [0.1, 0.15) is 0 Å². The van der Waals surface area contributed by atoms with Crippen molar-refractivity contribution >= 4 is 34.8 Å². The van der Waals surface area contributed by atoms with Gasteiger partial charge in [0.05, 0.1) is 11.9 Å². The van der Waals surface area contributed by atoms with Crippen LogP contribution in [0, 0.1) is 6.92 Å². The number of aromatic nitrogens is 2. The maximum Gasteiger partial charge on any atom is 0.321 e. The van der Waals surface area contributed by atoms with Crippen LogP contribution in [-0.2, 0) is 22.4 Å². The van der Waals surface area contributed by atoms with E-state index in [1.54, 1.807) is 4.68 Å². The molecule has 1 aromatic heterocycles. The molecule has 0 unspecified atom stereocenters. The molecule has 0 N–H and O–H groups in total. The van der Waals surface area contributed by atoms with Crippen molar-refractivity contribution in [3.05, 3.63) is 17.5 Å². The lowest BCUT2D eigenvalue weighted by Crippen LogP contribution is -2.18. The summed E-state index contributed by atoms with van der Waals surface area (Å²) >= 11 is 1.30. The summed E-state index contributed by atoms with van der Waals surface area (Å²) in [7, 11) is 1.85. The monoisotopic (exact) mass is 250 g/mol. The van der Waals surface area contributed by atoms with E-state index in [-0.39, 0.29) is 0 Å². The molecule has 88 valence electrons. The van der Waals surface area contributed by atoms with Crippen LogP contribution in [0.4, 0.5) is 0 Å². The van der Waals surface area contributed by atoms with Crippen LogP contribution in [0.25, 0.3) is 0 Å². The molecule has 1 aliphatic heterocycles. The van der Waals surface area contributed by atoms with Crippen molar-refractivity contribution in [3.63, 3.8) is 0 Å². The Morgan fingerprint density at radius 2 is 2.18 bits per heavy atom. The molecule has 0 fully saturated rings.